The van der Waals surface area contributed by atoms with Crippen molar-refractivity contribution in [2.45, 2.75) is 38.8 Å². The number of hydrogen-bond acceptors (Lipinski definition) is 4. The molecule has 1 aliphatic heterocycles. The first kappa shape index (κ1) is 15.1. The van der Waals surface area contributed by atoms with E-state index < -0.39 is 0 Å². The molecule has 0 spiro atoms. The molecule has 0 aliphatic carbocycles. The summed E-state index contributed by atoms with van der Waals surface area (Å²) >= 11 is 0. The van der Waals surface area contributed by atoms with Crippen molar-refractivity contribution >= 4 is 0 Å². The molecule has 1 fully saturated rings. The number of ether oxygens (including phenoxy) is 1. The molecule has 0 amide bonds. The normalized spacial score (nSPS) is 18.9. The minimum absolute atomic E-state index is 0.188. The van der Waals surface area contributed by atoms with Crippen LogP contribution in [-0.4, -0.2) is 42.8 Å². The third-order valence-electron chi connectivity index (χ3n) is 3.97. The van der Waals surface area contributed by atoms with Gasteiger partial charge in [-0.05, 0) is 57.5 Å². The van der Waals surface area contributed by atoms with Gasteiger partial charge in [0.1, 0.15) is 0 Å². The van der Waals surface area contributed by atoms with Crippen molar-refractivity contribution in [2.24, 2.45) is 0 Å². The summed E-state index contributed by atoms with van der Waals surface area (Å²) in [6, 6.07) is 6.22. The molecule has 2 rings (SSSR count). The van der Waals surface area contributed by atoms with Gasteiger partial charge in [-0.2, -0.15) is 0 Å². The highest BCUT2D eigenvalue weighted by molar-refractivity contribution is 5.42. The molecule has 0 bridgehead atoms. The summed E-state index contributed by atoms with van der Waals surface area (Å²) < 4.78 is 5.16. The van der Waals surface area contributed by atoms with Gasteiger partial charge >= 0.3 is 0 Å². The van der Waals surface area contributed by atoms with Gasteiger partial charge in [0.15, 0.2) is 11.5 Å². The van der Waals surface area contributed by atoms with Gasteiger partial charge in [0.05, 0.1) is 7.11 Å². The zero-order valence-electron chi connectivity index (χ0n) is 12.7. The molecule has 2 N–H and O–H groups in total. The first-order valence-corrected chi connectivity index (χ1v) is 7.45. The number of aromatic hydroxyl groups is 1. The number of phenolic OH excluding ortho intramolecular Hbond substituents is 1. The predicted molar refractivity (Wildman–Crippen MR) is 81.3 cm³/mol. The maximum Gasteiger partial charge on any atom is 0.160 e. The van der Waals surface area contributed by atoms with Crippen LogP contribution in [0.1, 0.15) is 38.3 Å². The number of likely N-dealkylation sites (tertiary alicyclic amines) is 1. The largest absolute Gasteiger partial charge is 0.504 e. The molecule has 0 aromatic heterocycles. The van der Waals surface area contributed by atoms with E-state index in [1.165, 1.54) is 25.9 Å². The van der Waals surface area contributed by atoms with Gasteiger partial charge in [0, 0.05) is 18.6 Å². The number of nitrogens with one attached hydrogen (secondary N) is 1. The first-order chi connectivity index (χ1) is 9.60. The highest BCUT2D eigenvalue weighted by Gasteiger charge is 2.17. The van der Waals surface area contributed by atoms with Crippen LogP contribution >= 0.6 is 0 Å². The number of methoxy groups -OCH3 is 1. The Morgan fingerprint density at radius 2 is 2.00 bits per heavy atom. The third kappa shape index (κ3) is 3.87. The predicted octanol–water partition coefficient (Wildman–Crippen LogP) is 2.54. The molecule has 1 heterocycles. The molecule has 2 unspecified atom stereocenters. The second kappa shape index (κ2) is 6.95. The average Bonchev–Trinajstić information content (AvgIpc) is 2.91. The minimum Gasteiger partial charge on any atom is -0.504 e. The van der Waals surface area contributed by atoms with Crippen LogP contribution in [0, 0.1) is 0 Å². The lowest BCUT2D eigenvalue weighted by Crippen LogP contribution is -2.39. The van der Waals surface area contributed by atoms with Crippen LogP contribution in [0.15, 0.2) is 18.2 Å². The van der Waals surface area contributed by atoms with Crippen molar-refractivity contribution < 1.29 is 9.84 Å². The monoisotopic (exact) mass is 278 g/mol. The van der Waals surface area contributed by atoms with E-state index in [0.29, 0.717) is 11.8 Å². The summed E-state index contributed by atoms with van der Waals surface area (Å²) in [5.41, 5.74) is 1.13. The van der Waals surface area contributed by atoms with Gasteiger partial charge in [-0.1, -0.05) is 6.07 Å². The highest BCUT2D eigenvalue weighted by Crippen LogP contribution is 2.28. The Morgan fingerprint density at radius 3 is 2.65 bits per heavy atom. The standard InChI is InChI=1S/C16H26N2O2/c1-12(11-18-8-4-5-9-18)17-13(2)14-6-7-15(19)16(10-14)20-3/h6-7,10,12-13,17,19H,4-5,8-9,11H2,1-3H3. The zero-order valence-corrected chi connectivity index (χ0v) is 12.7. The van der Waals surface area contributed by atoms with E-state index in [4.69, 9.17) is 4.74 Å². The van der Waals surface area contributed by atoms with Crippen molar-refractivity contribution in [1.29, 1.82) is 0 Å². The summed E-state index contributed by atoms with van der Waals surface area (Å²) in [4.78, 5) is 2.52. The summed E-state index contributed by atoms with van der Waals surface area (Å²) in [5.74, 6) is 0.719. The first-order valence-electron chi connectivity index (χ1n) is 7.45. The Bertz CT molecular complexity index is 430. The SMILES string of the molecule is COc1cc(C(C)NC(C)CN2CCCC2)ccc1O. The van der Waals surface area contributed by atoms with Crippen molar-refractivity contribution in [3.63, 3.8) is 0 Å². The van der Waals surface area contributed by atoms with Gasteiger partial charge in [0.25, 0.3) is 0 Å². The molecule has 0 radical (unpaired) electrons. The summed E-state index contributed by atoms with van der Waals surface area (Å²) in [6.45, 7) is 7.93. The van der Waals surface area contributed by atoms with E-state index in [1.807, 2.05) is 12.1 Å². The van der Waals surface area contributed by atoms with E-state index in [-0.39, 0.29) is 11.8 Å². The van der Waals surface area contributed by atoms with E-state index in [2.05, 4.69) is 24.1 Å². The van der Waals surface area contributed by atoms with Crippen LogP contribution in [0.2, 0.25) is 0 Å². The number of nitrogens with zero attached hydrogens (tertiary/aromatic N) is 1. The third-order valence-corrected chi connectivity index (χ3v) is 3.97. The number of rotatable bonds is 6. The fraction of sp³-hybridized carbons (Fsp3) is 0.625. The summed E-state index contributed by atoms with van der Waals surface area (Å²) in [7, 11) is 1.58. The second-order valence-electron chi connectivity index (χ2n) is 5.73. The molecule has 2 atom stereocenters. The number of phenols is 1. The summed E-state index contributed by atoms with van der Waals surface area (Å²) in [5, 5.41) is 13.3. The van der Waals surface area contributed by atoms with E-state index in [1.54, 1.807) is 13.2 Å². The highest BCUT2D eigenvalue weighted by atomic mass is 16.5. The molecule has 0 saturated carbocycles. The molecule has 1 saturated heterocycles. The molecule has 112 valence electrons. The zero-order chi connectivity index (χ0) is 14.5. The van der Waals surface area contributed by atoms with Crippen molar-refractivity contribution in [2.75, 3.05) is 26.7 Å². The molecule has 1 aliphatic rings. The van der Waals surface area contributed by atoms with Crippen LogP contribution in [-0.2, 0) is 0 Å². The smallest absolute Gasteiger partial charge is 0.160 e. The molecule has 4 nitrogen and oxygen atoms in total. The van der Waals surface area contributed by atoms with Crippen LogP contribution in [0.4, 0.5) is 0 Å². The molecular formula is C16H26N2O2. The molecule has 1 aromatic rings. The lowest BCUT2D eigenvalue weighted by molar-refractivity contribution is 0.289. The van der Waals surface area contributed by atoms with E-state index in [9.17, 15) is 5.11 Å². The Morgan fingerprint density at radius 1 is 1.30 bits per heavy atom. The van der Waals surface area contributed by atoms with Gasteiger partial charge in [0.2, 0.25) is 0 Å². The van der Waals surface area contributed by atoms with Gasteiger partial charge < -0.3 is 20.1 Å². The fourth-order valence-corrected chi connectivity index (χ4v) is 2.89. The van der Waals surface area contributed by atoms with Crippen LogP contribution < -0.4 is 10.1 Å². The van der Waals surface area contributed by atoms with Gasteiger partial charge in [-0.15, -0.1) is 0 Å². The van der Waals surface area contributed by atoms with Crippen LogP contribution in [0.3, 0.4) is 0 Å². The second-order valence-corrected chi connectivity index (χ2v) is 5.73. The maximum absolute atomic E-state index is 9.64. The Kier molecular flexibility index (Phi) is 5.26. The maximum atomic E-state index is 9.64. The lowest BCUT2D eigenvalue weighted by atomic mass is 10.1. The fourth-order valence-electron chi connectivity index (χ4n) is 2.89. The number of benzene rings is 1. The summed E-state index contributed by atoms with van der Waals surface area (Å²) in [6.07, 6.45) is 2.66. The Labute approximate surface area is 121 Å². The topological polar surface area (TPSA) is 44.7 Å². The number of hydrogen-bond donors (Lipinski definition) is 2. The molecule has 20 heavy (non-hydrogen) atoms. The average molecular weight is 278 g/mol. The van der Waals surface area contributed by atoms with E-state index in [0.717, 1.165) is 12.1 Å². The molecular weight excluding hydrogens is 252 g/mol. The Balaban J connectivity index is 1.91. The van der Waals surface area contributed by atoms with Crippen molar-refractivity contribution in [3.8, 4) is 11.5 Å². The van der Waals surface area contributed by atoms with E-state index >= 15 is 0 Å². The van der Waals surface area contributed by atoms with Crippen LogP contribution in [0.5, 0.6) is 11.5 Å². The minimum atomic E-state index is 0.188. The molecule has 1 aromatic carbocycles. The van der Waals surface area contributed by atoms with Gasteiger partial charge in [-0.3, -0.25) is 0 Å². The van der Waals surface area contributed by atoms with Gasteiger partial charge in [-0.25, -0.2) is 0 Å². The Hall–Kier alpha value is -1.26. The quantitative estimate of drug-likeness (QED) is 0.839. The molecule has 4 heteroatoms. The van der Waals surface area contributed by atoms with Crippen molar-refractivity contribution in [3.05, 3.63) is 23.8 Å². The van der Waals surface area contributed by atoms with Crippen LogP contribution in [0.25, 0.3) is 0 Å². The van der Waals surface area contributed by atoms with Crippen molar-refractivity contribution in [1.82, 2.24) is 10.2 Å². The lowest BCUT2D eigenvalue weighted by Gasteiger charge is -2.25.